The molecule has 0 saturated carbocycles. The highest BCUT2D eigenvalue weighted by molar-refractivity contribution is 14.1. The molecule has 0 aromatic rings. The van der Waals surface area contributed by atoms with Crippen LogP contribution >= 0.6 is 22.6 Å². The Kier molecular flexibility index (Phi) is 8.27. The molecule has 0 saturated heterocycles. The molecule has 0 N–H and O–H groups in total. The molecule has 3 heteroatoms. The van der Waals surface area contributed by atoms with E-state index in [1.54, 1.807) is 7.11 Å². The maximum atomic E-state index is 5.00. The first kappa shape index (κ1) is 8.65. The molecular formula is C5H11IO2. The van der Waals surface area contributed by atoms with Crippen LogP contribution in [0.4, 0.5) is 0 Å². The summed E-state index contributed by atoms with van der Waals surface area (Å²) in [4.78, 5) is 0. The van der Waals surface area contributed by atoms with Crippen LogP contribution < -0.4 is 0 Å². The molecule has 0 unspecified atom stereocenters. The van der Waals surface area contributed by atoms with Gasteiger partial charge in [0.05, 0.1) is 6.61 Å². The highest BCUT2D eigenvalue weighted by Crippen LogP contribution is 1.88. The summed E-state index contributed by atoms with van der Waals surface area (Å²) in [6.45, 7) is 1.24. The molecular weight excluding hydrogens is 219 g/mol. The van der Waals surface area contributed by atoms with Crippen LogP contribution in [-0.2, 0) is 9.47 Å². The van der Waals surface area contributed by atoms with E-state index in [-0.39, 0.29) is 0 Å². The third-order valence-electron chi connectivity index (χ3n) is 0.623. The van der Waals surface area contributed by atoms with Crippen molar-refractivity contribution in [1.82, 2.24) is 0 Å². The number of hydrogen-bond acceptors (Lipinski definition) is 2. The number of alkyl halides is 1. The minimum atomic E-state index is 0.427. The molecule has 0 aromatic heterocycles. The zero-order valence-corrected chi connectivity index (χ0v) is 7.18. The third-order valence-corrected chi connectivity index (χ3v) is 1.39. The molecule has 0 aliphatic rings. The van der Waals surface area contributed by atoms with Gasteiger partial charge in [0.15, 0.2) is 0 Å². The van der Waals surface area contributed by atoms with Crippen LogP contribution in [0.5, 0.6) is 0 Å². The summed E-state index contributed by atoms with van der Waals surface area (Å²) in [6, 6.07) is 0. The first-order valence-electron chi connectivity index (χ1n) is 2.54. The fraction of sp³-hybridized carbons (Fsp3) is 1.00. The predicted octanol–water partition coefficient (Wildman–Crippen LogP) is 1.43. The van der Waals surface area contributed by atoms with Crippen molar-refractivity contribution < 1.29 is 9.47 Å². The molecule has 0 aliphatic heterocycles. The quantitative estimate of drug-likeness (QED) is 0.308. The van der Waals surface area contributed by atoms with Gasteiger partial charge >= 0.3 is 0 Å². The zero-order valence-electron chi connectivity index (χ0n) is 5.02. The molecule has 0 heterocycles. The van der Waals surface area contributed by atoms with Gasteiger partial charge in [-0.3, -0.25) is 0 Å². The largest absolute Gasteiger partial charge is 0.359 e. The Bertz CT molecular complexity index is 35.4. The van der Waals surface area contributed by atoms with E-state index in [0.717, 1.165) is 17.5 Å². The minimum absolute atomic E-state index is 0.427. The van der Waals surface area contributed by atoms with Crippen molar-refractivity contribution in [3.8, 4) is 0 Å². The van der Waals surface area contributed by atoms with E-state index >= 15 is 0 Å². The Morgan fingerprint density at radius 1 is 1.50 bits per heavy atom. The lowest BCUT2D eigenvalue weighted by Crippen LogP contribution is -1.98. The van der Waals surface area contributed by atoms with E-state index < -0.39 is 0 Å². The van der Waals surface area contributed by atoms with Gasteiger partial charge in [-0.1, -0.05) is 22.6 Å². The molecule has 0 fully saturated rings. The third kappa shape index (κ3) is 6.65. The maximum absolute atomic E-state index is 5.00. The average Bonchev–Trinajstić information content (AvgIpc) is 1.81. The molecule has 0 aromatic carbocycles. The normalized spacial score (nSPS) is 9.75. The molecule has 0 spiro atoms. The van der Waals surface area contributed by atoms with E-state index in [2.05, 4.69) is 27.3 Å². The van der Waals surface area contributed by atoms with E-state index in [1.807, 2.05) is 0 Å². The summed E-state index contributed by atoms with van der Waals surface area (Å²) < 4.78 is 10.8. The molecule has 0 radical (unpaired) electrons. The molecule has 2 nitrogen and oxygen atoms in total. The molecule has 8 heavy (non-hydrogen) atoms. The number of halogens is 1. The minimum Gasteiger partial charge on any atom is -0.359 e. The molecule has 0 atom stereocenters. The topological polar surface area (TPSA) is 18.5 Å². The molecule has 0 aliphatic carbocycles. The van der Waals surface area contributed by atoms with E-state index in [9.17, 15) is 0 Å². The Balaban J connectivity index is 2.53. The predicted molar refractivity (Wildman–Crippen MR) is 41.3 cm³/mol. The van der Waals surface area contributed by atoms with Crippen LogP contribution in [0.1, 0.15) is 6.42 Å². The standard InChI is InChI=1S/C5H11IO2/c1-7-5-8-4-2-3-6/h2-5H2,1H3. The number of hydrogen-bond donors (Lipinski definition) is 0. The Hall–Kier alpha value is 0.650. The molecule has 0 amide bonds. The van der Waals surface area contributed by atoms with Gasteiger partial charge in [-0.05, 0) is 6.42 Å². The monoisotopic (exact) mass is 230 g/mol. The van der Waals surface area contributed by atoms with Crippen LogP contribution in [0.2, 0.25) is 0 Å². The maximum Gasteiger partial charge on any atom is 0.146 e. The van der Waals surface area contributed by atoms with Crippen molar-refractivity contribution in [2.45, 2.75) is 6.42 Å². The van der Waals surface area contributed by atoms with Crippen molar-refractivity contribution in [2.75, 3.05) is 24.9 Å². The lowest BCUT2D eigenvalue weighted by molar-refractivity contribution is -0.0296. The van der Waals surface area contributed by atoms with Crippen molar-refractivity contribution in [1.29, 1.82) is 0 Å². The summed E-state index contributed by atoms with van der Waals surface area (Å²) >= 11 is 2.32. The first-order chi connectivity index (χ1) is 3.91. The average molecular weight is 230 g/mol. The first-order valence-corrected chi connectivity index (χ1v) is 4.07. The molecule has 0 bridgehead atoms. The van der Waals surface area contributed by atoms with Gasteiger partial charge in [-0.2, -0.15) is 0 Å². The smallest absolute Gasteiger partial charge is 0.146 e. The van der Waals surface area contributed by atoms with Gasteiger partial charge in [0.25, 0.3) is 0 Å². The lowest BCUT2D eigenvalue weighted by Gasteiger charge is -1.98. The zero-order chi connectivity index (χ0) is 6.24. The Morgan fingerprint density at radius 2 is 2.25 bits per heavy atom. The highest BCUT2D eigenvalue weighted by Gasteiger charge is 1.82. The number of methoxy groups -OCH3 is 1. The number of ether oxygens (including phenoxy) is 2. The SMILES string of the molecule is COCOCCCI. The fourth-order valence-electron chi connectivity index (χ4n) is 0.299. The van der Waals surface area contributed by atoms with Gasteiger partial charge in [0.2, 0.25) is 0 Å². The second kappa shape index (κ2) is 7.65. The van der Waals surface area contributed by atoms with Gasteiger partial charge < -0.3 is 9.47 Å². The summed E-state index contributed by atoms with van der Waals surface area (Å²) in [5.41, 5.74) is 0. The second-order valence-corrected chi connectivity index (χ2v) is 2.44. The Labute approximate surface area is 63.7 Å². The number of rotatable bonds is 5. The van der Waals surface area contributed by atoms with E-state index in [4.69, 9.17) is 4.74 Å². The van der Waals surface area contributed by atoms with Crippen molar-refractivity contribution in [3.63, 3.8) is 0 Å². The van der Waals surface area contributed by atoms with Crippen LogP contribution in [-0.4, -0.2) is 24.9 Å². The van der Waals surface area contributed by atoms with Crippen LogP contribution in [0.15, 0.2) is 0 Å². The van der Waals surface area contributed by atoms with Crippen molar-refractivity contribution in [2.24, 2.45) is 0 Å². The summed E-state index contributed by atoms with van der Waals surface area (Å²) in [7, 11) is 1.63. The van der Waals surface area contributed by atoms with Gasteiger partial charge in [0, 0.05) is 11.5 Å². The summed E-state index contributed by atoms with van der Waals surface area (Å²) in [5, 5.41) is 0. The van der Waals surface area contributed by atoms with Crippen LogP contribution in [0.3, 0.4) is 0 Å². The van der Waals surface area contributed by atoms with Gasteiger partial charge in [-0.15, -0.1) is 0 Å². The van der Waals surface area contributed by atoms with Crippen molar-refractivity contribution in [3.05, 3.63) is 0 Å². The van der Waals surface area contributed by atoms with Crippen LogP contribution in [0, 0.1) is 0 Å². The van der Waals surface area contributed by atoms with Gasteiger partial charge in [0.1, 0.15) is 6.79 Å². The molecule has 50 valence electrons. The van der Waals surface area contributed by atoms with E-state index in [1.165, 1.54) is 0 Å². The van der Waals surface area contributed by atoms with Gasteiger partial charge in [-0.25, -0.2) is 0 Å². The fourth-order valence-corrected chi connectivity index (χ4v) is 0.610. The Morgan fingerprint density at radius 3 is 2.75 bits per heavy atom. The van der Waals surface area contributed by atoms with E-state index in [0.29, 0.717) is 6.79 Å². The van der Waals surface area contributed by atoms with Crippen molar-refractivity contribution >= 4 is 22.6 Å². The summed E-state index contributed by atoms with van der Waals surface area (Å²) in [6.07, 6.45) is 1.12. The lowest BCUT2D eigenvalue weighted by atomic mass is 10.5. The molecule has 0 rings (SSSR count). The summed E-state index contributed by atoms with van der Waals surface area (Å²) in [5.74, 6) is 0. The van der Waals surface area contributed by atoms with Crippen LogP contribution in [0.25, 0.3) is 0 Å². The second-order valence-electron chi connectivity index (χ2n) is 1.36. The highest BCUT2D eigenvalue weighted by atomic mass is 127.